The first-order valence-corrected chi connectivity index (χ1v) is 4.69. The molecular weight excluding hydrogens is 190 g/mol. The van der Waals surface area contributed by atoms with E-state index in [1.54, 1.807) is 12.4 Å². The van der Waals surface area contributed by atoms with Gasteiger partial charge in [-0.2, -0.15) is 0 Å². The van der Waals surface area contributed by atoms with Crippen molar-refractivity contribution in [2.24, 2.45) is 0 Å². The van der Waals surface area contributed by atoms with E-state index in [0.717, 1.165) is 5.69 Å². The molecule has 0 fully saturated rings. The van der Waals surface area contributed by atoms with Crippen molar-refractivity contribution < 1.29 is 4.74 Å². The first-order chi connectivity index (χ1) is 7.42. The van der Waals surface area contributed by atoms with Crippen LogP contribution in [0.1, 0.15) is 6.92 Å². The summed E-state index contributed by atoms with van der Waals surface area (Å²) < 4.78 is 5.41. The van der Waals surface area contributed by atoms with Crippen molar-refractivity contribution in [2.45, 2.75) is 6.92 Å². The Morgan fingerprint density at radius 1 is 1.40 bits per heavy atom. The number of aromatic nitrogens is 3. The molecule has 1 radical (unpaired) electrons. The Labute approximate surface area is 88.0 Å². The smallest absolute Gasteiger partial charge is 0.198 e. The van der Waals surface area contributed by atoms with E-state index in [1.807, 2.05) is 25.1 Å². The molecule has 0 N–H and O–H groups in total. The minimum absolute atomic E-state index is 0.577. The first-order valence-electron chi connectivity index (χ1n) is 4.69. The third kappa shape index (κ3) is 2.10. The second-order valence-electron chi connectivity index (χ2n) is 2.83. The lowest BCUT2D eigenvalue weighted by molar-refractivity contribution is 0.338. The summed E-state index contributed by atoms with van der Waals surface area (Å²) in [6, 6.07) is 5.63. The van der Waals surface area contributed by atoms with Crippen LogP contribution in [-0.2, 0) is 0 Å². The van der Waals surface area contributed by atoms with Crippen LogP contribution in [0, 0.1) is 6.33 Å². The molecule has 2 aromatic heterocycles. The molecule has 4 heteroatoms. The monoisotopic (exact) mass is 200 g/mol. The zero-order valence-corrected chi connectivity index (χ0v) is 8.34. The van der Waals surface area contributed by atoms with E-state index in [2.05, 4.69) is 21.3 Å². The largest absolute Gasteiger partial charge is 0.490 e. The molecule has 2 heterocycles. The maximum atomic E-state index is 5.41. The molecule has 0 bridgehead atoms. The van der Waals surface area contributed by atoms with E-state index in [-0.39, 0.29) is 0 Å². The fourth-order valence-electron chi connectivity index (χ4n) is 1.23. The van der Waals surface area contributed by atoms with Gasteiger partial charge in [0, 0.05) is 6.20 Å². The van der Waals surface area contributed by atoms with Crippen LogP contribution in [0.15, 0.2) is 30.6 Å². The van der Waals surface area contributed by atoms with Gasteiger partial charge < -0.3 is 4.74 Å². The Kier molecular flexibility index (Phi) is 2.88. The van der Waals surface area contributed by atoms with Gasteiger partial charge in [0.2, 0.25) is 0 Å². The molecule has 0 aromatic carbocycles. The zero-order valence-electron chi connectivity index (χ0n) is 8.34. The summed E-state index contributed by atoms with van der Waals surface area (Å²) in [5.74, 6) is 0.634. The quantitative estimate of drug-likeness (QED) is 0.757. The van der Waals surface area contributed by atoms with Crippen molar-refractivity contribution in [1.82, 2.24) is 15.0 Å². The van der Waals surface area contributed by atoms with Crippen LogP contribution in [0.5, 0.6) is 5.75 Å². The van der Waals surface area contributed by atoms with Crippen molar-refractivity contribution in [3.05, 3.63) is 36.9 Å². The van der Waals surface area contributed by atoms with Crippen LogP contribution in [0.3, 0.4) is 0 Å². The minimum atomic E-state index is 0.577. The average molecular weight is 200 g/mol. The molecule has 2 aromatic rings. The molecule has 0 spiro atoms. The maximum Gasteiger partial charge on any atom is 0.198 e. The summed E-state index contributed by atoms with van der Waals surface area (Å²) in [6.07, 6.45) is 5.85. The van der Waals surface area contributed by atoms with Gasteiger partial charge in [0.25, 0.3) is 0 Å². The van der Waals surface area contributed by atoms with Gasteiger partial charge in [-0.3, -0.25) is 4.98 Å². The Morgan fingerprint density at radius 2 is 2.33 bits per heavy atom. The highest BCUT2D eigenvalue weighted by Crippen LogP contribution is 2.23. The molecule has 2 rings (SSSR count). The van der Waals surface area contributed by atoms with E-state index in [4.69, 9.17) is 4.74 Å². The average Bonchev–Trinajstić information content (AvgIpc) is 2.31. The zero-order chi connectivity index (χ0) is 10.5. The minimum Gasteiger partial charge on any atom is -0.490 e. The van der Waals surface area contributed by atoms with Crippen LogP contribution in [0.25, 0.3) is 11.4 Å². The molecular formula is C11H10N3O. The third-order valence-electron chi connectivity index (χ3n) is 1.84. The molecule has 75 valence electrons. The summed E-state index contributed by atoms with van der Waals surface area (Å²) in [5, 5.41) is 0. The third-order valence-corrected chi connectivity index (χ3v) is 1.84. The molecule has 0 unspecified atom stereocenters. The van der Waals surface area contributed by atoms with Crippen LogP contribution in [0.2, 0.25) is 0 Å². The summed E-state index contributed by atoms with van der Waals surface area (Å²) in [6.45, 7) is 2.49. The lowest BCUT2D eigenvalue weighted by atomic mass is 10.2. The molecule has 15 heavy (non-hydrogen) atoms. The Morgan fingerprint density at radius 3 is 3.07 bits per heavy atom. The Bertz CT molecular complexity index is 431. The predicted molar refractivity (Wildman–Crippen MR) is 55.3 cm³/mol. The van der Waals surface area contributed by atoms with Crippen molar-refractivity contribution in [2.75, 3.05) is 6.61 Å². The van der Waals surface area contributed by atoms with Crippen LogP contribution >= 0.6 is 0 Å². The van der Waals surface area contributed by atoms with E-state index < -0.39 is 0 Å². The highest BCUT2D eigenvalue weighted by Gasteiger charge is 2.08. The summed E-state index contributed by atoms with van der Waals surface area (Å²) in [7, 11) is 0. The number of hydrogen-bond acceptors (Lipinski definition) is 4. The fourth-order valence-corrected chi connectivity index (χ4v) is 1.23. The SMILES string of the molecule is CCOc1cn[c]nc1-c1ccccn1. The van der Waals surface area contributed by atoms with Crippen LogP contribution in [-0.4, -0.2) is 21.6 Å². The highest BCUT2D eigenvalue weighted by atomic mass is 16.5. The molecule has 0 aliphatic heterocycles. The number of hydrogen-bond donors (Lipinski definition) is 0. The van der Waals surface area contributed by atoms with Crippen LogP contribution < -0.4 is 4.74 Å². The van der Waals surface area contributed by atoms with E-state index in [0.29, 0.717) is 18.1 Å². The second-order valence-corrected chi connectivity index (χ2v) is 2.83. The van der Waals surface area contributed by atoms with Gasteiger partial charge in [-0.1, -0.05) is 6.07 Å². The summed E-state index contributed by atoms with van der Waals surface area (Å²) >= 11 is 0. The second kappa shape index (κ2) is 4.50. The van der Waals surface area contributed by atoms with E-state index >= 15 is 0 Å². The molecule has 4 nitrogen and oxygen atoms in total. The molecule has 0 saturated carbocycles. The van der Waals surface area contributed by atoms with Crippen molar-refractivity contribution in [3.63, 3.8) is 0 Å². The Hall–Kier alpha value is -1.97. The number of rotatable bonds is 3. The Balaban J connectivity index is 2.43. The summed E-state index contributed by atoms with van der Waals surface area (Å²) in [4.78, 5) is 12.0. The lowest BCUT2D eigenvalue weighted by Gasteiger charge is -2.06. The number of pyridine rings is 1. The first kappa shape index (κ1) is 9.58. The highest BCUT2D eigenvalue weighted by molar-refractivity contribution is 5.60. The molecule has 0 amide bonds. The van der Waals surface area contributed by atoms with Gasteiger partial charge in [0.15, 0.2) is 12.1 Å². The summed E-state index contributed by atoms with van der Waals surface area (Å²) in [5.41, 5.74) is 1.44. The molecule has 0 aliphatic carbocycles. The molecule has 0 atom stereocenters. The van der Waals surface area contributed by atoms with Crippen molar-refractivity contribution in [3.8, 4) is 17.1 Å². The van der Waals surface area contributed by atoms with E-state index in [9.17, 15) is 0 Å². The normalized spacial score (nSPS) is 9.93. The van der Waals surface area contributed by atoms with Crippen molar-refractivity contribution >= 4 is 0 Å². The molecule has 0 aliphatic rings. The predicted octanol–water partition coefficient (Wildman–Crippen LogP) is 1.74. The van der Waals surface area contributed by atoms with Gasteiger partial charge in [-0.05, 0) is 19.1 Å². The van der Waals surface area contributed by atoms with Gasteiger partial charge in [-0.25, -0.2) is 9.97 Å². The van der Waals surface area contributed by atoms with Gasteiger partial charge >= 0.3 is 0 Å². The standard InChI is InChI=1S/C11H10N3O/c1-2-15-10-7-12-8-14-11(10)9-5-3-4-6-13-9/h3-7H,2H2,1H3. The van der Waals surface area contributed by atoms with Crippen LogP contribution in [0.4, 0.5) is 0 Å². The lowest BCUT2D eigenvalue weighted by Crippen LogP contribution is -1.97. The van der Waals surface area contributed by atoms with Gasteiger partial charge in [0.05, 0.1) is 18.5 Å². The van der Waals surface area contributed by atoms with Crippen molar-refractivity contribution in [1.29, 1.82) is 0 Å². The topological polar surface area (TPSA) is 47.9 Å². The van der Waals surface area contributed by atoms with Gasteiger partial charge in [0.1, 0.15) is 5.69 Å². The van der Waals surface area contributed by atoms with E-state index in [1.165, 1.54) is 0 Å². The number of ether oxygens (including phenoxy) is 1. The number of nitrogens with zero attached hydrogens (tertiary/aromatic N) is 3. The fraction of sp³-hybridized carbons (Fsp3) is 0.182. The van der Waals surface area contributed by atoms with Gasteiger partial charge in [-0.15, -0.1) is 0 Å². The maximum absolute atomic E-state index is 5.41. The molecule has 0 saturated heterocycles.